The lowest BCUT2D eigenvalue weighted by Gasteiger charge is -2.30. The Morgan fingerprint density at radius 1 is 1.42 bits per heavy atom. The largest absolute Gasteiger partial charge is 0.496 e. The molecule has 0 aliphatic carbocycles. The molecule has 1 aromatic carbocycles. The van der Waals surface area contributed by atoms with Crippen molar-refractivity contribution in [3.05, 3.63) is 23.8 Å². The molecule has 4 nitrogen and oxygen atoms in total. The second-order valence-corrected chi connectivity index (χ2v) is 5.33. The molecule has 0 radical (unpaired) electrons. The first-order valence-corrected chi connectivity index (χ1v) is 6.70. The molecule has 0 unspecified atom stereocenters. The van der Waals surface area contributed by atoms with E-state index in [-0.39, 0.29) is 11.8 Å². The Bertz CT molecular complexity index is 467. The third kappa shape index (κ3) is 2.73. The van der Waals surface area contributed by atoms with E-state index in [0.29, 0.717) is 5.92 Å². The molecule has 19 heavy (non-hydrogen) atoms. The number of rotatable bonds is 4. The van der Waals surface area contributed by atoms with E-state index in [2.05, 4.69) is 19.2 Å². The Morgan fingerprint density at radius 2 is 2.11 bits per heavy atom. The molecule has 0 atom stereocenters. The predicted molar refractivity (Wildman–Crippen MR) is 76.9 cm³/mol. The van der Waals surface area contributed by atoms with Gasteiger partial charge in [-0.1, -0.05) is 13.8 Å². The summed E-state index contributed by atoms with van der Waals surface area (Å²) in [6.07, 6.45) is 0. The smallest absolute Gasteiger partial charge is 0.232 e. The van der Waals surface area contributed by atoms with Gasteiger partial charge in [0, 0.05) is 25.8 Å². The van der Waals surface area contributed by atoms with Crippen LogP contribution in [0.2, 0.25) is 0 Å². The third-order valence-electron chi connectivity index (χ3n) is 3.68. The average molecular weight is 262 g/mol. The summed E-state index contributed by atoms with van der Waals surface area (Å²) < 4.78 is 5.37. The Labute approximate surface area is 114 Å². The second kappa shape index (κ2) is 5.61. The number of ether oxygens (including phenoxy) is 1. The van der Waals surface area contributed by atoms with Crippen molar-refractivity contribution in [2.24, 2.45) is 5.92 Å². The number of carbonyl (C=O) groups excluding carboxylic acids is 1. The average Bonchev–Trinajstić information content (AvgIpc) is 2.34. The van der Waals surface area contributed by atoms with E-state index >= 15 is 0 Å². The van der Waals surface area contributed by atoms with Gasteiger partial charge in [0.2, 0.25) is 5.91 Å². The molecule has 4 heteroatoms. The molecule has 2 rings (SSSR count). The summed E-state index contributed by atoms with van der Waals surface area (Å²) >= 11 is 0. The summed E-state index contributed by atoms with van der Waals surface area (Å²) in [6.45, 7) is 5.82. The molecule has 1 aliphatic heterocycles. The molecular formula is C15H22N2O2. The molecule has 1 heterocycles. The highest BCUT2D eigenvalue weighted by molar-refractivity contribution is 5.95. The molecule has 0 aromatic heterocycles. The number of nitrogens with zero attached hydrogens (tertiary/aromatic N) is 1. The Balaban J connectivity index is 2.24. The minimum absolute atomic E-state index is 0.120. The molecule has 1 amide bonds. The Hall–Kier alpha value is -1.55. The van der Waals surface area contributed by atoms with Crippen molar-refractivity contribution in [2.45, 2.75) is 19.8 Å². The number of hydrogen-bond acceptors (Lipinski definition) is 3. The lowest BCUT2D eigenvalue weighted by atomic mass is 9.99. The van der Waals surface area contributed by atoms with E-state index in [0.717, 1.165) is 30.1 Å². The third-order valence-corrected chi connectivity index (χ3v) is 3.68. The van der Waals surface area contributed by atoms with E-state index in [1.165, 1.54) is 0 Å². The number of anilines is 1. The normalized spacial score (nSPS) is 15.2. The van der Waals surface area contributed by atoms with E-state index < -0.39 is 0 Å². The minimum Gasteiger partial charge on any atom is -0.496 e. The van der Waals surface area contributed by atoms with Gasteiger partial charge in [0.05, 0.1) is 13.0 Å². The van der Waals surface area contributed by atoms with Gasteiger partial charge in [-0.2, -0.15) is 0 Å². The van der Waals surface area contributed by atoms with Crippen molar-refractivity contribution in [3.63, 3.8) is 0 Å². The maximum atomic E-state index is 12.2. The summed E-state index contributed by atoms with van der Waals surface area (Å²) in [5.41, 5.74) is 2.06. The van der Waals surface area contributed by atoms with Crippen LogP contribution in [0.4, 0.5) is 5.69 Å². The number of methoxy groups -OCH3 is 1. The van der Waals surface area contributed by atoms with Gasteiger partial charge >= 0.3 is 0 Å². The van der Waals surface area contributed by atoms with Crippen molar-refractivity contribution in [1.82, 2.24) is 5.32 Å². The van der Waals surface area contributed by atoms with Crippen LogP contribution >= 0.6 is 0 Å². The molecule has 0 bridgehead atoms. The van der Waals surface area contributed by atoms with Crippen LogP contribution in [-0.2, 0) is 4.79 Å². The molecule has 1 fully saturated rings. The van der Waals surface area contributed by atoms with Crippen LogP contribution in [0, 0.1) is 5.92 Å². The minimum atomic E-state index is 0.120. The van der Waals surface area contributed by atoms with Crippen LogP contribution in [0.5, 0.6) is 5.75 Å². The van der Waals surface area contributed by atoms with Crippen LogP contribution in [0.25, 0.3) is 0 Å². The molecule has 104 valence electrons. The van der Waals surface area contributed by atoms with Crippen LogP contribution in [0.1, 0.15) is 25.3 Å². The van der Waals surface area contributed by atoms with Crippen molar-refractivity contribution < 1.29 is 9.53 Å². The van der Waals surface area contributed by atoms with Crippen molar-refractivity contribution in [1.29, 1.82) is 0 Å². The quantitative estimate of drug-likeness (QED) is 0.902. The van der Waals surface area contributed by atoms with Crippen LogP contribution in [-0.4, -0.2) is 33.2 Å². The van der Waals surface area contributed by atoms with Gasteiger partial charge in [0.1, 0.15) is 5.75 Å². The highest BCUT2D eigenvalue weighted by Crippen LogP contribution is 2.30. The second-order valence-electron chi connectivity index (χ2n) is 5.33. The number of carbonyl (C=O) groups is 1. The van der Waals surface area contributed by atoms with E-state index in [1.807, 2.05) is 25.2 Å². The lowest BCUT2D eigenvalue weighted by Crippen LogP contribution is -2.51. The first-order valence-electron chi connectivity index (χ1n) is 6.70. The summed E-state index contributed by atoms with van der Waals surface area (Å²) in [4.78, 5) is 14.0. The summed E-state index contributed by atoms with van der Waals surface area (Å²) in [7, 11) is 3.52. The van der Waals surface area contributed by atoms with E-state index in [4.69, 9.17) is 4.74 Å². The van der Waals surface area contributed by atoms with Crippen molar-refractivity contribution >= 4 is 11.6 Å². The zero-order chi connectivity index (χ0) is 14.0. The fourth-order valence-electron chi connectivity index (χ4n) is 2.25. The molecule has 0 saturated carbocycles. The number of nitrogens with one attached hydrogen (secondary N) is 1. The molecule has 1 N–H and O–H groups in total. The standard InChI is InChI=1S/C15H22N2O2/c1-10(2)13-7-12(5-6-14(13)19-4)17(3)15(18)11-8-16-9-11/h5-7,10-11,16H,8-9H2,1-4H3. The van der Waals surface area contributed by atoms with Gasteiger partial charge in [-0.25, -0.2) is 0 Å². The van der Waals surface area contributed by atoms with Gasteiger partial charge in [0.25, 0.3) is 0 Å². The summed E-state index contributed by atoms with van der Waals surface area (Å²) in [5.74, 6) is 1.54. The highest BCUT2D eigenvalue weighted by atomic mass is 16.5. The highest BCUT2D eigenvalue weighted by Gasteiger charge is 2.28. The number of benzene rings is 1. The number of amides is 1. The fraction of sp³-hybridized carbons (Fsp3) is 0.533. The molecular weight excluding hydrogens is 240 g/mol. The molecule has 1 aromatic rings. The maximum absolute atomic E-state index is 12.2. The van der Waals surface area contributed by atoms with Crippen LogP contribution in [0.15, 0.2) is 18.2 Å². The zero-order valence-corrected chi connectivity index (χ0v) is 12.1. The van der Waals surface area contributed by atoms with Crippen LogP contribution in [0.3, 0.4) is 0 Å². The van der Waals surface area contributed by atoms with Gasteiger partial charge < -0.3 is 15.0 Å². The molecule has 1 aliphatic rings. The number of hydrogen-bond donors (Lipinski definition) is 1. The first-order chi connectivity index (χ1) is 9.04. The van der Waals surface area contributed by atoms with E-state index in [1.54, 1.807) is 12.0 Å². The fourth-order valence-corrected chi connectivity index (χ4v) is 2.25. The predicted octanol–water partition coefficient (Wildman–Crippen LogP) is 2.00. The van der Waals surface area contributed by atoms with Crippen molar-refractivity contribution in [2.75, 3.05) is 32.1 Å². The van der Waals surface area contributed by atoms with Crippen LogP contribution < -0.4 is 15.0 Å². The summed E-state index contributed by atoms with van der Waals surface area (Å²) in [5, 5.41) is 3.13. The van der Waals surface area contributed by atoms with Crippen molar-refractivity contribution in [3.8, 4) is 5.75 Å². The molecule has 1 saturated heterocycles. The van der Waals surface area contributed by atoms with Gasteiger partial charge in [-0.05, 0) is 29.7 Å². The first kappa shape index (κ1) is 13.9. The maximum Gasteiger partial charge on any atom is 0.232 e. The van der Waals surface area contributed by atoms with Gasteiger partial charge in [0.15, 0.2) is 0 Å². The zero-order valence-electron chi connectivity index (χ0n) is 12.1. The monoisotopic (exact) mass is 262 g/mol. The molecule has 0 spiro atoms. The Morgan fingerprint density at radius 3 is 2.58 bits per heavy atom. The topological polar surface area (TPSA) is 41.6 Å². The lowest BCUT2D eigenvalue weighted by molar-refractivity contribution is -0.123. The summed E-state index contributed by atoms with van der Waals surface area (Å²) in [6, 6.07) is 5.93. The van der Waals surface area contributed by atoms with E-state index in [9.17, 15) is 4.79 Å². The van der Waals surface area contributed by atoms with Gasteiger partial charge in [-0.15, -0.1) is 0 Å². The van der Waals surface area contributed by atoms with Gasteiger partial charge in [-0.3, -0.25) is 4.79 Å². The SMILES string of the molecule is COc1ccc(N(C)C(=O)C2CNC2)cc1C(C)C. The Kier molecular flexibility index (Phi) is 4.10.